The molecule has 5 atom stereocenters. The molecule has 3 saturated heterocycles. The number of ether oxygens (including phenoxy) is 4. The summed E-state index contributed by atoms with van der Waals surface area (Å²) in [7, 11) is -1.91. The fourth-order valence-electron chi connectivity index (χ4n) is 2.94. The minimum Gasteiger partial charge on any atom is -0.408 e. The highest BCUT2D eigenvalue weighted by Gasteiger charge is 2.60. The summed E-state index contributed by atoms with van der Waals surface area (Å²) in [6.07, 6.45) is -0.797. The summed E-state index contributed by atoms with van der Waals surface area (Å²) in [5.41, 5.74) is 0. The van der Waals surface area contributed by atoms with E-state index in [0.717, 1.165) is 0 Å². The van der Waals surface area contributed by atoms with E-state index < -0.39 is 14.1 Å². The van der Waals surface area contributed by atoms with Gasteiger partial charge in [-0.1, -0.05) is 20.8 Å². The molecule has 3 rings (SSSR count). The highest BCUT2D eigenvalue weighted by molar-refractivity contribution is 6.74. The predicted octanol–water partition coefficient (Wildman–Crippen LogP) is 2.65. The molecule has 0 spiro atoms. The SMILES string of the molecule is CC1(C)OC2C3OCC(O3)C(O[Si](C)(C)C(C)(C)C)C2O1. The fourth-order valence-corrected chi connectivity index (χ4v) is 4.26. The lowest BCUT2D eigenvalue weighted by Crippen LogP contribution is -2.58. The molecule has 3 aliphatic heterocycles. The standard InChI is InChI=1S/C15H28O5Si/c1-14(2,3)21(6,7)20-10-9-8-16-13(17-9)12-11(10)18-15(4,5)19-12/h9-13H,8H2,1-7H3. The minimum absolute atomic E-state index is 0.0529. The van der Waals surface area contributed by atoms with E-state index in [1.54, 1.807) is 0 Å². The number of hydrogen-bond donors (Lipinski definition) is 0. The number of fused-ring (bicyclic) bond motifs is 4. The van der Waals surface area contributed by atoms with Gasteiger partial charge in [0, 0.05) is 0 Å². The van der Waals surface area contributed by atoms with Gasteiger partial charge < -0.3 is 23.4 Å². The van der Waals surface area contributed by atoms with Crippen molar-refractivity contribution in [2.45, 2.75) is 89.2 Å². The molecule has 0 aromatic heterocycles. The summed E-state index contributed by atoms with van der Waals surface area (Å²) >= 11 is 0. The molecule has 0 aromatic carbocycles. The molecule has 5 unspecified atom stereocenters. The molecule has 6 heteroatoms. The van der Waals surface area contributed by atoms with Gasteiger partial charge in [0.1, 0.15) is 24.4 Å². The maximum absolute atomic E-state index is 6.61. The zero-order chi connectivity index (χ0) is 15.6. The lowest BCUT2D eigenvalue weighted by Gasteiger charge is -2.44. The maximum atomic E-state index is 6.61. The first-order chi connectivity index (χ1) is 9.50. The molecule has 5 nitrogen and oxygen atoms in total. The molecular formula is C15H28O5Si. The van der Waals surface area contributed by atoms with Crippen LogP contribution in [0.2, 0.25) is 18.1 Å². The Bertz CT molecular complexity index is 417. The van der Waals surface area contributed by atoms with Crippen molar-refractivity contribution in [3.63, 3.8) is 0 Å². The van der Waals surface area contributed by atoms with Crippen molar-refractivity contribution in [1.29, 1.82) is 0 Å². The van der Waals surface area contributed by atoms with Crippen molar-refractivity contribution in [3.05, 3.63) is 0 Å². The molecule has 3 fully saturated rings. The van der Waals surface area contributed by atoms with E-state index in [0.29, 0.717) is 6.61 Å². The molecule has 122 valence electrons. The van der Waals surface area contributed by atoms with E-state index >= 15 is 0 Å². The average Bonchev–Trinajstić information content (AvgIpc) is 2.85. The molecule has 0 aromatic rings. The van der Waals surface area contributed by atoms with Crippen LogP contribution in [0.15, 0.2) is 0 Å². The predicted molar refractivity (Wildman–Crippen MR) is 80.5 cm³/mol. The van der Waals surface area contributed by atoms with Gasteiger partial charge in [0.15, 0.2) is 20.4 Å². The van der Waals surface area contributed by atoms with Crippen molar-refractivity contribution < 1.29 is 23.4 Å². The summed E-state index contributed by atoms with van der Waals surface area (Å²) in [4.78, 5) is 0. The Morgan fingerprint density at radius 1 is 1.10 bits per heavy atom. The van der Waals surface area contributed by atoms with Gasteiger partial charge in [-0.2, -0.15) is 0 Å². The molecule has 2 bridgehead atoms. The first-order valence-electron chi connectivity index (χ1n) is 7.81. The molecule has 0 N–H and O–H groups in total. The molecule has 0 saturated carbocycles. The van der Waals surface area contributed by atoms with Crippen LogP contribution in [0.4, 0.5) is 0 Å². The quantitative estimate of drug-likeness (QED) is 0.733. The Balaban J connectivity index is 1.83. The first kappa shape index (κ1) is 15.9. The number of hydrogen-bond acceptors (Lipinski definition) is 5. The molecular weight excluding hydrogens is 288 g/mol. The summed E-state index contributed by atoms with van der Waals surface area (Å²) in [6.45, 7) is 15.7. The lowest BCUT2D eigenvalue weighted by molar-refractivity contribution is -0.196. The van der Waals surface area contributed by atoms with Crippen LogP contribution in [0, 0.1) is 0 Å². The highest BCUT2D eigenvalue weighted by atomic mass is 28.4. The molecule has 0 radical (unpaired) electrons. The van der Waals surface area contributed by atoms with E-state index in [1.807, 2.05) is 13.8 Å². The van der Waals surface area contributed by atoms with Gasteiger partial charge in [-0.25, -0.2) is 0 Å². The van der Waals surface area contributed by atoms with E-state index in [2.05, 4.69) is 33.9 Å². The fraction of sp³-hybridized carbons (Fsp3) is 1.00. The van der Waals surface area contributed by atoms with Crippen LogP contribution >= 0.6 is 0 Å². The Kier molecular flexibility index (Phi) is 3.60. The second-order valence-electron chi connectivity index (χ2n) is 8.28. The van der Waals surface area contributed by atoms with E-state index in [-0.39, 0.29) is 35.7 Å². The van der Waals surface area contributed by atoms with E-state index in [1.165, 1.54) is 0 Å². The van der Waals surface area contributed by atoms with Crippen molar-refractivity contribution in [2.75, 3.05) is 6.61 Å². The molecule has 0 amide bonds. The van der Waals surface area contributed by atoms with Gasteiger partial charge in [0.05, 0.1) is 6.61 Å². The van der Waals surface area contributed by atoms with Gasteiger partial charge in [0.25, 0.3) is 0 Å². The number of rotatable bonds is 2. The van der Waals surface area contributed by atoms with Crippen molar-refractivity contribution >= 4 is 8.32 Å². The Hall–Kier alpha value is 0.0169. The Labute approximate surface area is 128 Å². The van der Waals surface area contributed by atoms with Crippen LogP contribution in [0.3, 0.4) is 0 Å². The van der Waals surface area contributed by atoms with E-state index in [9.17, 15) is 0 Å². The zero-order valence-corrected chi connectivity index (χ0v) is 15.1. The third kappa shape index (κ3) is 2.70. The molecule has 3 heterocycles. The van der Waals surface area contributed by atoms with Crippen LogP contribution < -0.4 is 0 Å². The summed E-state index contributed by atoms with van der Waals surface area (Å²) in [5.74, 6) is -0.610. The topological polar surface area (TPSA) is 46.2 Å². The molecule has 21 heavy (non-hydrogen) atoms. The minimum atomic E-state index is -1.91. The van der Waals surface area contributed by atoms with Crippen molar-refractivity contribution in [3.8, 4) is 0 Å². The Morgan fingerprint density at radius 3 is 2.33 bits per heavy atom. The zero-order valence-electron chi connectivity index (χ0n) is 14.1. The normalized spacial score (nSPS) is 42.1. The van der Waals surface area contributed by atoms with E-state index in [4.69, 9.17) is 23.4 Å². The largest absolute Gasteiger partial charge is 0.408 e. The highest BCUT2D eigenvalue weighted by Crippen LogP contribution is 2.45. The smallest absolute Gasteiger partial charge is 0.192 e. The van der Waals surface area contributed by atoms with Gasteiger partial charge in [-0.05, 0) is 32.0 Å². The first-order valence-corrected chi connectivity index (χ1v) is 10.7. The second kappa shape index (κ2) is 4.76. The van der Waals surface area contributed by atoms with Gasteiger partial charge in [-0.3, -0.25) is 0 Å². The van der Waals surface area contributed by atoms with Crippen LogP contribution in [-0.4, -0.2) is 51.4 Å². The third-order valence-electron chi connectivity index (χ3n) is 5.09. The van der Waals surface area contributed by atoms with Gasteiger partial charge in [0.2, 0.25) is 0 Å². The van der Waals surface area contributed by atoms with Crippen molar-refractivity contribution in [2.24, 2.45) is 0 Å². The van der Waals surface area contributed by atoms with Gasteiger partial charge in [-0.15, -0.1) is 0 Å². The van der Waals surface area contributed by atoms with Crippen molar-refractivity contribution in [1.82, 2.24) is 0 Å². The molecule has 3 aliphatic rings. The van der Waals surface area contributed by atoms with Crippen LogP contribution in [0.25, 0.3) is 0 Å². The lowest BCUT2D eigenvalue weighted by atomic mass is 10.0. The summed E-state index contributed by atoms with van der Waals surface area (Å²) in [6, 6.07) is 0. The molecule has 0 aliphatic carbocycles. The maximum Gasteiger partial charge on any atom is 0.192 e. The van der Waals surface area contributed by atoms with Crippen LogP contribution in [0.5, 0.6) is 0 Å². The van der Waals surface area contributed by atoms with Crippen LogP contribution in [0.1, 0.15) is 34.6 Å². The second-order valence-corrected chi connectivity index (χ2v) is 13.0. The summed E-state index contributed by atoms with van der Waals surface area (Å²) in [5, 5.41) is 0.147. The van der Waals surface area contributed by atoms with Crippen LogP contribution in [-0.2, 0) is 23.4 Å². The monoisotopic (exact) mass is 316 g/mol. The summed E-state index contributed by atoms with van der Waals surface area (Å²) < 4.78 is 30.4. The Morgan fingerprint density at radius 2 is 1.71 bits per heavy atom. The van der Waals surface area contributed by atoms with Gasteiger partial charge >= 0.3 is 0 Å². The average molecular weight is 316 g/mol. The third-order valence-corrected chi connectivity index (χ3v) is 9.57.